The van der Waals surface area contributed by atoms with E-state index in [0.717, 1.165) is 27.9 Å². The smallest absolute Gasteiger partial charge is 0.321 e. The van der Waals surface area contributed by atoms with Gasteiger partial charge in [-0.2, -0.15) is 5.10 Å². The number of rotatable bonds is 4. The van der Waals surface area contributed by atoms with Crippen LogP contribution < -0.4 is 10.6 Å². The summed E-state index contributed by atoms with van der Waals surface area (Å²) in [7, 11) is 0. The average Bonchev–Trinajstić information content (AvgIpc) is 3.31. The van der Waals surface area contributed by atoms with Crippen LogP contribution in [0.15, 0.2) is 41.4 Å². The van der Waals surface area contributed by atoms with Crippen LogP contribution in [0.2, 0.25) is 0 Å². The van der Waals surface area contributed by atoms with Crippen LogP contribution in [0.5, 0.6) is 0 Å². The third-order valence-electron chi connectivity index (χ3n) is 3.95. The fourth-order valence-electron chi connectivity index (χ4n) is 2.68. The number of fused-ring (bicyclic) bond motifs is 1. The van der Waals surface area contributed by atoms with Gasteiger partial charge in [0.2, 0.25) is 12.3 Å². The van der Waals surface area contributed by atoms with Crippen molar-refractivity contribution in [3.05, 3.63) is 48.6 Å². The topological polar surface area (TPSA) is 135 Å². The Morgan fingerprint density at radius 1 is 1.30 bits per heavy atom. The molecule has 136 valence electrons. The van der Waals surface area contributed by atoms with Crippen molar-refractivity contribution in [2.24, 2.45) is 0 Å². The van der Waals surface area contributed by atoms with Crippen molar-refractivity contribution < 1.29 is 9.21 Å². The lowest BCUT2D eigenvalue weighted by molar-refractivity contribution is 0.247. The molecular weight excluding hydrogens is 348 g/mol. The number of aromatic nitrogens is 6. The van der Waals surface area contributed by atoms with Crippen molar-refractivity contribution >= 4 is 22.8 Å². The highest BCUT2D eigenvalue weighted by atomic mass is 16.4. The molecule has 0 bridgehead atoms. The van der Waals surface area contributed by atoms with E-state index in [2.05, 4.69) is 41.0 Å². The summed E-state index contributed by atoms with van der Waals surface area (Å²) in [6.07, 6.45) is 4.62. The van der Waals surface area contributed by atoms with E-state index in [9.17, 15) is 4.79 Å². The zero-order valence-electron chi connectivity index (χ0n) is 14.6. The Kier molecular flexibility index (Phi) is 4.21. The lowest BCUT2D eigenvalue weighted by atomic mass is 10.1. The summed E-state index contributed by atoms with van der Waals surface area (Å²) in [6.45, 7) is 3.66. The van der Waals surface area contributed by atoms with Crippen molar-refractivity contribution in [2.45, 2.75) is 19.9 Å². The molecule has 27 heavy (non-hydrogen) atoms. The second kappa shape index (κ2) is 6.83. The van der Waals surface area contributed by atoms with Crippen LogP contribution in [0.25, 0.3) is 22.2 Å². The molecule has 4 aromatic rings. The van der Waals surface area contributed by atoms with Crippen LogP contribution >= 0.6 is 0 Å². The van der Waals surface area contributed by atoms with Crippen LogP contribution in [0.3, 0.4) is 0 Å². The molecule has 0 saturated carbocycles. The predicted octanol–water partition coefficient (Wildman–Crippen LogP) is 2.59. The number of amides is 2. The summed E-state index contributed by atoms with van der Waals surface area (Å²) in [6, 6.07) is 4.70. The number of urea groups is 1. The maximum Gasteiger partial charge on any atom is 0.321 e. The Morgan fingerprint density at radius 3 is 2.96 bits per heavy atom. The van der Waals surface area contributed by atoms with E-state index in [-0.39, 0.29) is 0 Å². The van der Waals surface area contributed by atoms with Crippen LogP contribution in [-0.4, -0.2) is 36.4 Å². The molecule has 10 heteroatoms. The van der Waals surface area contributed by atoms with Gasteiger partial charge in [-0.25, -0.2) is 9.78 Å². The van der Waals surface area contributed by atoms with Crippen LogP contribution in [0.1, 0.15) is 24.6 Å². The van der Waals surface area contributed by atoms with Gasteiger partial charge in [-0.3, -0.25) is 15.4 Å². The molecule has 10 nitrogen and oxygen atoms in total. The second-order valence-corrected chi connectivity index (χ2v) is 5.97. The van der Waals surface area contributed by atoms with Crippen LogP contribution in [0, 0.1) is 6.92 Å². The monoisotopic (exact) mass is 364 g/mol. The average molecular weight is 364 g/mol. The number of carbonyl (C=O) groups is 1. The first-order valence-electron chi connectivity index (χ1n) is 8.21. The zero-order valence-corrected chi connectivity index (χ0v) is 14.6. The SMILES string of the molecule is Cc1cc(-c2n[nH]c3cc(NC(=O)NC(C)c4nnco4)ncc23)ccn1. The molecule has 3 N–H and O–H groups in total. The Labute approximate surface area is 153 Å². The van der Waals surface area contributed by atoms with Gasteiger partial charge in [-0.1, -0.05) is 0 Å². The molecule has 2 amide bonds. The summed E-state index contributed by atoms with van der Waals surface area (Å²) in [4.78, 5) is 20.6. The summed E-state index contributed by atoms with van der Waals surface area (Å²) < 4.78 is 5.06. The summed E-state index contributed by atoms with van der Waals surface area (Å²) in [5.41, 5.74) is 3.39. The second-order valence-electron chi connectivity index (χ2n) is 5.97. The molecular formula is C17H16N8O2. The molecule has 0 saturated heterocycles. The van der Waals surface area contributed by atoms with Gasteiger partial charge in [0.15, 0.2) is 0 Å². The normalized spacial score (nSPS) is 12.1. The predicted molar refractivity (Wildman–Crippen MR) is 96.7 cm³/mol. The summed E-state index contributed by atoms with van der Waals surface area (Å²) >= 11 is 0. The molecule has 0 radical (unpaired) electrons. The number of hydrogen-bond donors (Lipinski definition) is 3. The van der Waals surface area contributed by atoms with Gasteiger partial charge in [0.25, 0.3) is 0 Å². The molecule has 0 aliphatic carbocycles. The Bertz CT molecular complexity index is 1090. The summed E-state index contributed by atoms with van der Waals surface area (Å²) in [5, 5.41) is 20.9. The molecule has 1 unspecified atom stereocenters. The van der Waals surface area contributed by atoms with Gasteiger partial charge < -0.3 is 9.73 Å². The first-order valence-corrected chi connectivity index (χ1v) is 8.21. The maximum absolute atomic E-state index is 12.1. The van der Waals surface area contributed by atoms with E-state index in [4.69, 9.17) is 4.42 Å². The number of nitrogens with zero attached hydrogens (tertiary/aromatic N) is 5. The van der Waals surface area contributed by atoms with E-state index in [0.29, 0.717) is 11.7 Å². The van der Waals surface area contributed by atoms with Crippen molar-refractivity contribution in [1.29, 1.82) is 0 Å². The minimum absolute atomic E-state index is 0.319. The molecule has 0 aliphatic rings. The third kappa shape index (κ3) is 3.45. The van der Waals surface area contributed by atoms with Gasteiger partial charge in [-0.15, -0.1) is 10.2 Å². The number of nitrogens with one attached hydrogen (secondary N) is 3. The highest BCUT2D eigenvalue weighted by molar-refractivity contribution is 5.95. The molecule has 4 heterocycles. The first kappa shape index (κ1) is 16.6. The van der Waals surface area contributed by atoms with Gasteiger partial charge in [0, 0.05) is 35.1 Å². The van der Waals surface area contributed by atoms with Crippen molar-refractivity contribution in [3.8, 4) is 11.3 Å². The number of carbonyl (C=O) groups excluding carboxylic acids is 1. The highest BCUT2D eigenvalue weighted by Crippen LogP contribution is 2.26. The fraction of sp³-hybridized carbons (Fsp3) is 0.176. The molecule has 0 fully saturated rings. The molecule has 0 aliphatic heterocycles. The minimum Gasteiger partial charge on any atom is -0.426 e. The van der Waals surface area contributed by atoms with E-state index >= 15 is 0 Å². The molecule has 4 rings (SSSR count). The van der Waals surface area contributed by atoms with Gasteiger partial charge >= 0.3 is 6.03 Å². The number of hydrogen-bond acceptors (Lipinski definition) is 7. The van der Waals surface area contributed by atoms with Gasteiger partial charge in [-0.05, 0) is 26.0 Å². The zero-order chi connectivity index (χ0) is 18.8. The Morgan fingerprint density at radius 2 is 2.19 bits per heavy atom. The van der Waals surface area contributed by atoms with Gasteiger partial charge in [0.1, 0.15) is 17.6 Å². The largest absolute Gasteiger partial charge is 0.426 e. The fourth-order valence-corrected chi connectivity index (χ4v) is 2.68. The Balaban J connectivity index is 1.52. The van der Waals surface area contributed by atoms with E-state index in [1.54, 1.807) is 25.4 Å². The van der Waals surface area contributed by atoms with Crippen molar-refractivity contribution in [2.75, 3.05) is 5.32 Å². The summed E-state index contributed by atoms with van der Waals surface area (Å²) in [5.74, 6) is 0.707. The van der Waals surface area contributed by atoms with E-state index < -0.39 is 12.1 Å². The lowest BCUT2D eigenvalue weighted by Crippen LogP contribution is -2.31. The first-order chi connectivity index (χ1) is 13.1. The van der Waals surface area contributed by atoms with E-state index in [1.807, 2.05) is 19.1 Å². The van der Waals surface area contributed by atoms with Gasteiger partial charge in [0.05, 0.1) is 5.52 Å². The number of anilines is 1. The molecule has 0 aromatic carbocycles. The quantitative estimate of drug-likeness (QED) is 0.506. The standard InChI is InChI=1S/C17H16N8O2/c1-9-5-11(3-4-18-9)15-12-7-19-14(6-13(12)23-24-15)22-17(26)21-10(2)16-25-20-8-27-16/h3-8,10H,1-2H3,(H,23,24)(H2,19,21,22,26). The minimum atomic E-state index is -0.433. The van der Waals surface area contributed by atoms with Crippen LogP contribution in [0.4, 0.5) is 10.6 Å². The highest BCUT2D eigenvalue weighted by Gasteiger charge is 2.15. The molecule has 0 spiro atoms. The number of pyridine rings is 2. The number of aryl methyl sites for hydroxylation is 1. The molecule has 1 atom stereocenters. The lowest BCUT2D eigenvalue weighted by Gasteiger charge is -2.10. The maximum atomic E-state index is 12.1. The van der Waals surface area contributed by atoms with E-state index in [1.165, 1.54) is 6.39 Å². The Hall–Kier alpha value is -3.82. The van der Waals surface area contributed by atoms with Crippen molar-refractivity contribution in [1.82, 2.24) is 35.7 Å². The van der Waals surface area contributed by atoms with Crippen molar-refractivity contribution in [3.63, 3.8) is 0 Å². The number of H-pyrrole nitrogens is 1. The number of aromatic amines is 1. The molecule has 4 aromatic heterocycles. The third-order valence-corrected chi connectivity index (χ3v) is 3.95. The van der Waals surface area contributed by atoms with Crippen LogP contribution in [-0.2, 0) is 0 Å².